The van der Waals surface area contributed by atoms with Gasteiger partial charge >= 0.3 is 0 Å². The van der Waals surface area contributed by atoms with Crippen LogP contribution in [0.2, 0.25) is 0 Å². The molecule has 104 valence electrons. The molecule has 0 bridgehead atoms. The summed E-state index contributed by atoms with van der Waals surface area (Å²) in [6, 6.07) is 8.24. The Hall–Kier alpha value is -1.49. The van der Waals surface area contributed by atoms with Crippen molar-refractivity contribution in [1.82, 2.24) is 0 Å². The first-order valence-electron chi connectivity index (χ1n) is 7.38. The summed E-state index contributed by atoms with van der Waals surface area (Å²) >= 11 is 0. The zero-order chi connectivity index (χ0) is 14.1. The molecule has 2 nitrogen and oxygen atoms in total. The molecule has 0 unspecified atom stereocenters. The topological polar surface area (TPSA) is 35.8 Å². The number of anilines is 1. The molecule has 0 aromatic heterocycles. The van der Waals surface area contributed by atoms with Crippen molar-refractivity contribution in [1.29, 1.82) is 5.26 Å². The van der Waals surface area contributed by atoms with Crippen LogP contribution in [0.25, 0.3) is 0 Å². The van der Waals surface area contributed by atoms with Gasteiger partial charge in [0.15, 0.2) is 0 Å². The Morgan fingerprint density at radius 2 is 1.89 bits per heavy atom. The average molecular weight is 258 g/mol. The quantitative estimate of drug-likeness (QED) is 0.674. The third-order valence-corrected chi connectivity index (χ3v) is 3.32. The van der Waals surface area contributed by atoms with E-state index in [1.165, 1.54) is 32.1 Å². The molecule has 0 atom stereocenters. The van der Waals surface area contributed by atoms with E-state index in [4.69, 9.17) is 5.26 Å². The first-order valence-corrected chi connectivity index (χ1v) is 7.38. The summed E-state index contributed by atoms with van der Waals surface area (Å²) in [5, 5.41) is 12.4. The number of nitrogens with zero attached hydrogens (tertiary/aromatic N) is 1. The Kier molecular flexibility index (Phi) is 7.03. The number of nitrogens with one attached hydrogen (secondary N) is 1. The molecule has 0 heterocycles. The Labute approximate surface area is 117 Å². The largest absolute Gasteiger partial charge is 0.384 e. The molecule has 1 aromatic rings. The summed E-state index contributed by atoms with van der Waals surface area (Å²) < 4.78 is 0. The predicted octanol–water partition coefficient (Wildman–Crippen LogP) is 4.89. The van der Waals surface area contributed by atoms with Crippen LogP contribution >= 0.6 is 0 Å². The van der Waals surface area contributed by atoms with Crippen LogP contribution in [0, 0.1) is 24.2 Å². The van der Waals surface area contributed by atoms with Crippen molar-refractivity contribution >= 4 is 5.69 Å². The van der Waals surface area contributed by atoms with Gasteiger partial charge in [0.2, 0.25) is 0 Å². The van der Waals surface area contributed by atoms with Crippen molar-refractivity contribution in [3.8, 4) is 6.07 Å². The number of aryl methyl sites for hydroxylation is 1. The number of hydrogen-bond acceptors (Lipinski definition) is 2. The van der Waals surface area contributed by atoms with Crippen molar-refractivity contribution < 1.29 is 0 Å². The zero-order valence-electron chi connectivity index (χ0n) is 12.5. The SMILES string of the molecule is Cc1ccc(NCCCCCCC(C)C)c(C#N)c1. The third-order valence-electron chi connectivity index (χ3n) is 3.32. The number of hydrogen-bond donors (Lipinski definition) is 1. The highest BCUT2D eigenvalue weighted by atomic mass is 14.9. The molecule has 1 N–H and O–H groups in total. The molecule has 0 aliphatic rings. The van der Waals surface area contributed by atoms with Gasteiger partial charge in [0.05, 0.1) is 11.3 Å². The van der Waals surface area contributed by atoms with Crippen molar-refractivity contribution in [2.24, 2.45) is 5.92 Å². The van der Waals surface area contributed by atoms with Crippen LogP contribution in [0.15, 0.2) is 18.2 Å². The van der Waals surface area contributed by atoms with Gasteiger partial charge in [0, 0.05) is 6.54 Å². The van der Waals surface area contributed by atoms with Gasteiger partial charge in [-0.15, -0.1) is 0 Å². The van der Waals surface area contributed by atoms with Gasteiger partial charge in [0.1, 0.15) is 6.07 Å². The molecule has 0 radical (unpaired) electrons. The Bertz CT molecular complexity index is 416. The van der Waals surface area contributed by atoms with E-state index in [1.807, 2.05) is 25.1 Å². The summed E-state index contributed by atoms with van der Waals surface area (Å²) in [4.78, 5) is 0. The minimum Gasteiger partial charge on any atom is -0.384 e. The van der Waals surface area contributed by atoms with Gasteiger partial charge in [0.25, 0.3) is 0 Å². The number of unbranched alkanes of at least 4 members (excludes halogenated alkanes) is 3. The van der Waals surface area contributed by atoms with Gasteiger partial charge < -0.3 is 5.32 Å². The van der Waals surface area contributed by atoms with Crippen LogP contribution in [0.3, 0.4) is 0 Å². The van der Waals surface area contributed by atoms with E-state index in [1.54, 1.807) is 0 Å². The van der Waals surface area contributed by atoms with Gasteiger partial charge in [-0.25, -0.2) is 0 Å². The van der Waals surface area contributed by atoms with Crippen molar-refractivity contribution in [2.45, 2.75) is 52.9 Å². The minimum absolute atomic E-state index is 0.750. The molecule has 0 amide bonds. The molecule has 1 rings (SSSR count). The van der Waals surface area contributed by atoms with Gasteiger partial charge in [-0.1, -0.05) is 45.6 Å². The molecule has 2 heteroatoms. The van der Waals surface area contributed by atoms with Crippen molar-refractivity contribution in [3.63, 3.8) is 0 Å². The third kappa shape index (κ3) is 6.29. The molecule has 19 heavy (non-hydrogen) atoms. The molecule has 0 aliphatic heterocycles. The lowest BCUT2D eigenvalue weighted by molar-refractivity contribution is 0.523. The monoisotopic (exact) mass is 258 g/mol. The smallest absolute Gasteiger partial charge is 0.101 e. The maximum absolute atomic E-state index is 9.08. The molecule has 1 aromatic carbocycles. The number of nitriles is 1. The Morgan fingerprint density at radius 3 is 2.58 bits per heavy atom. The molecule has 0 spiro atoms. The lowest BCUT2D eigenvalue weighted by atomic mass is 10.0. The lowest BCUT2D eigenvalue weighted by Gasteiger charge is -2.09. The first kappa shape index (κ1) is 15.6. The fourth-order valence-corrected chi connectivity index (χ4v) is 2.16. The highest BCUT2D eigenvalue weighted by molar-refractivity contribution is 5.58. The van der Waals surface area contributed by atoms with E-state index in [2.05, 4.69) is 25.2 Å². The van der Waals surface area contributed by atoms with Crippen LogP contribution in [-0.2, 0) is 0 Å². The molecule has 0 saturated heterocycles. The van der Waals surface area contributed by atoms with E-state index in [9.17, 15) is 0 Å². The second kappa shape index (κ2) is 8.58. The Balaban J connectivity index is 2.21. The average Bonchev–Trinajstić information content (AvgIpc) is 2.38. The molecule has 0 fully saturated rings. The van der Waals surface area contributed by atoms with Crippen molar-refractivity contribution in [2.75, 3.05) is 11.9 Å². The van der Waals surface area contributed by atoms with E-state index in [-0.39, 0.29) is 0 Å². The highest BCUT2D eigenvalue weighted by Crippen LogP contribution is 2.16. The molecular weight excluding hydrogens is 232 g/mol. The normalized spacial score (nSPS) is 10.5. The second-order valence-electron chi connectivity index (χ2n) is 5.68. The minimum atomic E-state index is 0.750. The van der Waals surface area contributed by atoms with Crippen LogP contribution in [-0.4, -0.2) is 6.54 Å². The summed E-state index contributed by atoms with van der Waals surface area (Å²) in [6.07, 6.45) is 6.44. The van der Waals surface area contributed by atoms with Crippen LogP contribution < -0.4 is 5.32 Å². The summed E-state index contributed by atoms with van der Waals surface area (Å²) in [5.41, 5.74) is 2.85. The first-order chi connectivity index (χ1) is 9.13. The van der Waals surface area contributed by atoms with E-state index in [0.717, 1.165) is 29.3 Å². The standard InChI is InChI=1S/C17H26N2/c1-14(2)8-6-4-5-7-11-19-17-10-9-15(3)12-16(17)13-18/h9-10,12,14,19H,4-8,11H2,1-3H3. The van der Waals surface area contributed by atoms with Crippen molar-refractivity contribution in [3.05, 3.63) is 29.3 Å². The van der Waals surface area contributed by atoms with Gasteiger partial charge in [-0.3, -0.25) is 0 Å². The molecule has 0 aliphatic carbocycles. The van der Waals surface area contributed by atoms with Crippen LogP contribution in [0.4, 0.5) is 5.69 Å². The van der Waals surface area contributed by atoms with Gasteiger partial charge in [-0.2, -0.15) is 5.26 Å². The van der Waals surface area contributed by atoms with E-state index >= 15 is 0 Å². The van der Waals surface area contributed by atoms with Gasteiger partial charge in [-0.05, 0) is 37.0 Å². The van der Waals surface area contributed by atoms with Crippen LogP contribution in [0.1, 0.15) is 57.1 Å². The highest BCUT2D eigenvalue weighted by Gasteiger charge is 2.01. The Morgan fingerprint density at radius 1 is 1.16 bits per heavy atom. The predicted molar refractivity (Wildman–Crippen MR) is 82.3 cm³/mol. The number of rotatable bonds is 8. The maximum atomic E-state index is 9.08. The second-order valence-corrected chi connectivity index (χ2v) is 5.68. The molecule has 0 saturated carbocycles. The summed E-state index contributed by atoms with van der Waals surface area (Å²) in [6.45, 7) is 7.53. The maximum Gasteiger partial charge on any atom is 0.101 e. The molecular formula is C17H26N2. The summed E-state index contributed by atoms with van der Waals surface area (Å²) in [5.74, 6) is 0.823. The van der Waals surface area contributed by atoms with E-state index < -0.39 is 0 Å². The lowest BCUT2D eigenvalue weighted by Crippen LogP contribution is -2.03. The fraction of sp³-hybridized carbons (Fsp3) is 0.588. The zero-order valence-corrected chi connectivity index (χ0v) is 12.5. The number of benzene rings is 1. The van der Waals surface area contributed by atoms with E-state index in [0.29, 0.717) is 0 Å². The fourth-order valence-electron chi connectivity index (χ4n) is 2.16. The van der Waals surface area contributed by atoms with Crippen LogP contribution in [0.5, 0.6) is 0 Å². The summed E-state index contributed by atoms with van der Waals surface area (Å²) in [7, 11) is 0.